The molecule has 0 saturated carbocycles. The van der Waals surface area contributed by atoms with E-state index in [2.05, 4.69) is 5.73 Å². The molecule has 0 aliphatic carbocycles. The van der Waals surface area contributed by atoms with Crippen LogP contribution in [0, 0.1) is 32.5 Å². The van der Waals surface area contributed by atoms with E-state index >= 15 is 0 Å². The molecule has 0 amide bonds. The summed E-state index contributed by atoms with van der Waals surface area (Å²) in [5.74, 6) is 0. The predicted molar refractivity (Wildman–Crippen MR) is 265 cm³/mol. The molecule has 0 atom stereocenters. The van der Waals surface area contributed by atoms with Gasteiger partial charge in [0.1, 0.15) is 0 Å². The Bertz CT molecular complexity index is 174. The summed E-state index contributed by atoms with van der Waals surface area (Å²) in [7, 11) is 1.50. The van der Waals surface area contributed by atoms with Gasteiger partial charge in [-0.15, -0.1) is 0 Å². The normalized spacial score (nSPS) is 2.83. The summed E-state index contributed by atoms with van der Waals surface area (Å²) in [6.07, 6.45) is 6.25. The Hall–Kier alpha value is -2.06. The van der Waals surface area contributed by atoms with Crippen LogP contribution in [0.4, 0.5) is 0 Å². The smallest absolute Gasteiger partial charge is 0.00272 e. The Morgan fingerprint density at radius 2 is 0.383 bits per heavy atom. The molecule has 0 aromatic rings. The molecular weight excluding hydrogens is 580 g/mol. The molecule has 0 aliphatic rings. The molecule has 47 heavy (non-hydrogen) atoms. The van der Waals surface area contributed by atoms with Crippen molar-refractivity contribution in [1.29, 1.82) is 32.5 Å². The number of hydrogen-bond acceptors (Lipinski definition) is 8. The third-order valence-electron chi connectivity index (χ3n) is 0. The zero-order chi connectivity index (χ0) is 27.8. The lowest BCUT2D eigenvalue weighted by molar-refractivity contribution is 1.14. The molecule has 326 valence electrons. The lowest BCUT2D eigenvalue weighted by Crippen LogP contribution is -1.87. The van der Waals surface area contributed by atoms with Crippen LogP contribution in [0.1, 0.15) is 223 Å². The molecule has 0 saturated heterocycles. The molecule has 0 unspecified atom stereocenters. The average Bonchev–Trinajstić information content (AvgIpc) is 2.71. The second-order valence-corrected chi connectivity index (χ2v) is 2.85. The third kappa shape index (κ3) is 18200. The first-order valence-corrected chi connectivity index (χ1v) is 10.3. The van der Waals surface area contributed by atoms with Crippen molar-refractivity contribution in [3.05, 3.63) is 0 Å². The molecule has 8 nitrogen and oxygen atoms in total. The lowest BCUT2D eigenvalue weighted by Gasteiger charge is -1.63. The van der Waals surface area contributed by atoms with Crippen LogP contribution in [0.2, 0.25) is 0 Å². The summed E-state index contributed by atoms with van der Waals surface area (Å²) in [5, 5.41) is 36.9. The van der Waals surface area contributed by atoms with Crippen LogP contribution < -0.4 is 11.5 Å². The summed E-state index contributed by atoms with van der Waals surface area (Å²) >= 11 is 0. The van der Waals surface area contributed by atoms with Crippen molar-refractivity contribution in [2.45, 2.75) is 223 Å². The van der Waals surface area contributed by atoms with E-state index < -0.39 is 0 Å². The molecule has 0 aromatic heterocycles. The first-order valence-electron chi connectivity index (χ1n) is 10.3. The standard InChI is InChI=1S/C3H7N.C2H7N.5C2H5N.3C2H6.CH5N.17CH4/c1-3(2)4;6*1-2-3;4*1-2;;;;;;;;;;;;;;;;;/h4H,1-2H3;2-3H2,1H3;5*2-3H,1H3;3*1-2H3;2H2,1H3;17*1H4. The maximum Gasteiger partial charge on any atom is 0.00272 e. The van der Waals surface area contributed by atoms with Gasteiger partial charge in [-0.05, 0) is 93.1 Å². The summed E-state index contributed by atoms with van der Waals surface area (Å²) in [5.41, 5.74) is 10.0. The van der Waals surface area contributed by atoms with E-state index in [4.69, 9.17) is 38.2 Å². The zero-order valence-corrected chi connectivity index (χ0v) is 23.2. The number of hydrogen-bond donors (Lipinski definition) is 8. The minimum absolute atomic E-state index is 0. The Kier molecular flexibility index (Phi) is 10800. The van der Waals surface area contributed by atoms with Gasteiger partial charge in [0, 0.05) is 5.71 Å². The lowest BCUT2D eigenvalue weighted by atomic mass is 10.5. The molecule has 0 fully saturated rings. The van der Waals surface area contributed by atoms with Gasteiger partial charge in [0.25, 0.3) is 0 Å². The second kappa shape index (κ2) is 1680. The fourth-order valence-electron chi connectivity index (χ4n) is 0. The summed E-state index contributed by atoms with van der Waals surface area (Å²) in [4.78, 5) is 0. The third-order valence-corrected chi connectivity index (χ3v) is 0. The van der Waals surface area contributed by atoms with E-state index in [1.54, 1.807) is 48.5 Å². The van der Waals surface area contributed by atoms with E-state index in [-0.39, 0.29) is 126 Å². The van der Waals surface area contributed by atoms with Crippen LogP contribution >= 0.6 is 0 Å². The van der Waals surface area contributed by atoms with Crippen LogP contribution in [-0.2, 0) is 0 Å². The van der Waals surface area contributed by atoms with Gasteiger partial charge in [-0.1, -0.05) is 175 Å². The Labute approximate surface area is 317 Å². The Morgan fingerprint density at radius 3 is 0.383 bits per heavy atom. The van der Waals surface area contributed by atoms with E-state index in [1.807, 2.05) is 48.5 Å². The van der Waals surface area contributed by atoms with Crippen molar-refractivity contribution in [3.8, 4) is 0 Å². The maximum absolute atomic E-state index is 6.50. The van der Waals surface area contributed by atoms with E-state index in [0.717, 1.165) is 6.54 Å². The van der Waals surface area contributed by atoms with Crippen LogP contribution in [-0.4, -0.2) is 50.4 Å². The van der Waals surface area contributed by atoms with Crippen LogP contribution in [0.3, 0.4) is 0 Å². The monoisotopic (exact) mass is 711 g/mol. The van der Waals surface area contributed by atoms with Gasteiger partial charge in [-0.25, -0.2) is 0 Å². The van der Waals surface area contributed by atoms with Gasteiger partial charge in [-0.3, -0.25) is 0 Å². The zero-order valence-electron chi connectivity index (χ0n) is 23.2. The van der Waals surface area contributed by atoms with Crippen LogP contribution in [0.5, 0.6) is 0 Å². The van der Waals surface area contributed by atoms with Gasteiger partial charge < -0.3 is 43.9 Å². The highest BCUT2D eigenvalue weighted by molar-refractivity contribution is 5.75. The summed E-state index contributed by atoms with van der Waals surface area (Å²) in [6.45, 7) is 26.5. The Balaban J connectivity index is -0.00000000315. The molecule has 0 rings (SSSR count). The first-order chi connectivity index (χ1) is 14.2. The molecule has 0 spiro atoms. The quantitative estimate of drug-likeness (QED) is 0.116. The van der Waals surface area contributed by atoms with Crippen molar-refractivity contribution in [2.75, 3.05) is 13.6 Å². The molecule has 8 heteroatoms. The molecule has 0 aromatic carbocycles. The fourth-order valence-corrected chi connectivity index (χ4v) is 0. The van der Waals surface area contributed by atoms with E-state index in [9.17, 15) is 0 Å². The number of rotatable bonds is 0. The summed E-state index contributed by atoms with van der Waals surface area (Å²) < 4.78 is 0. The van der Waals surface area contributed by atoms with Gasteiger partial charge in [0.05, 0.1) is 0 Å². The van der Waals surface area contributed by atoms with Crippen molar-refractivity contribution >= 4 is 36.8 Å². The molecule has 0 aliphatic heterocycles. The summed E-state index contributed by atoms with van der Waals surface area (Å²) in [6, 6.07) is 0. The Morgan fingerprint density at radius 1 is 0.383 bits per heavy atom. The maximum atomic E-state index is 6.50. The minimum Gasteiger partial charge on any atom is -0.333 e. The second-order valence-electron chi connectivity index (χ2n) is 2.85. The average molecular weight is 712 g/mol. The van der Waals surface area contributed by atoms with Crippen molar-refractivity contribution in [1.82, 2.24) is 0 Å². The van der Waals surface area contributed by atoms with Gasteiger partial charge in [0.2, 0.25) is 0 Å². The highest BCUT2D eigenvalue weighted by Gasteiger charge is 1.55. The highest BCUT2D eigenvalue weighted by atomic mass is 14.5. The fraction of sp³-hybridized carbons (Fsp3) is 0.846. The minimum atomic E-state index is 0. The van der Waals surface area contributed by atoms with Gasteiger partial charge in [-0.2, -0.15) is 0 Å². The topological polar surface area (TPSA) is 195 Å². The largest absolute Gasteiger partial charge is 0.333 e. The molecule has 0 radical (unpaired) electrons. The van der Waals surface area contributed by atoms with Crippen LogP contribution in [0.25, 0.3) is 0 Å². The number of nitrogens with two attached hydrogens (primary N) is 2. The van der Waals surface area contributed by atoms with E-state index in [0.29, 0.717) is 5.71 Å². The molecular formula is C39H130N8. The molecule has 0 bridgehead atoms. The van der Waals surface area contributed by atoms with Crippen molar-refractivity contribution in [3.63, 3.8) is 0 Å². The predicted octanol–water partition coefficient (Wildman–Crippen LogP) is 17.8. The van der Waals surface area contributed by atoms with Crippen LogP contribution in [0.15, 0.2) is 0 Å². The number of nitrogens with one attached hydrogen (secondary N) is 6. The van der Waals surface area contributed by atoms with Crippen molar-refractivity contribution < 1.29 is 0 Å². The first kappa shape index (κ1) is 302. The highest BCUT2D eigenvalue weighted by Crippen LogP contribution is 1.52. The van der Waals surface area contributed by atoms with Gasteiger partial charge in [0.15, 0.2) is 0 Å². The molecule has 10 N–H and O–H groups in total. The van der Waals surface area contributed by atoms with E-state index in [1.165, 1.54) is 38.1 Å². The SMILES string of the molecule is C.C.C.C.C.C.C.C.C.C.C.C.C.C.C.C.C.CC.CC.CC.CC(C)=N.CC=N.CC=N.CC=N.CC=N.CC=N.CCN.CN. The molecule has 0 heterocycles. The van der Waals surface area contributed by atoms with Crippen molar-refractivity contribution in [2.24, 2.45) is 11.5 Å². The van der Waals surface area contributed by atoms with Gasteiger partial charge >= 0.3 is 0 Å².